The Morgan fingerprint density at radius 3 is 2.21 bits per heavy atom. The van der Waals surface area contributed by atoms with E-state index in [2.05, 4.69) is 5.32 Å². The van der Waals surface area contributed by atoms with Crippen LogP contribution in [-0.2, 0) is 17.9 Å². The lowest BCUT2D eigenvalue weighted by atomic mass is 10.2. The Morgan fingerprint density at radius 2 is 1.54 bits per heavy atom. The maximum absolute atomic E-state index is 12.0. The molecule has 3 aromatic rings. The number of carbonyl (C=O) groups excluding carboxylic acids is 1. The third-order valence-electron chi connectivity index (χ3n) is 4.18. The number of hydrogen-bond acceptors (Lipinski definition) is 3. The van der Waals surface area contributed by atoms with Crippen LogP contribution in [0.2, 0.25) is 0 Å². The van der Waals surface area contributed by atoms with E-state index in [-0.39, 0.29) is 5.91 Å². The summed E-state index contributed by atoms with van der Waals surface area (Å²) in [6.45, 7) is 1.00. The van der Waals surface area contributed by atoms with Gasteiger partial charge in [-0.15, -0.1) is 0 Å². The van der Waals surface area contributed by atoms with Crippen LogP contribution in [-0.4, -0.2) is 13.0 Å². The molecule has 3 rings (SSSR count). The molecule has 0 heterocycles. The molecule has 0 atom stereocenters. The molecule has 0 unspecified atom stereocenters. The van der Waals surface area contributed by atoms with Crippen LogP contribution in [0.15, 0.2) is 84.9 Å². The highest BCUT2D eigenvalue weighted by Crippen LogP contribution is 2.15. The molecular formula is C24H23NO3. The fourth-order valence-electron chi connectivity index (χ4n) is 2.58. The van der Waals surface area contributed by atoms with Crippen LogP contribution in [0, 0.1) is 0 Å². The summed E-state index contributed by atoms with van der Waals surface area (Å²) in [5.41, 5.74) is 3.08. The monoisotopic (exact) mass is 373 g/mol. The molecule has 0 aromatic heterocycles. The number of hydrogen-bond donors (Lipinski definition) is 1. The highest BCUT2D eigenvalue weighted by Gasteiger charge is 1.99. The molecule has 0 radical (unpaired) electrons. The summed E-state index contributed by atoms with van der Waals surface area (Å²) in [5, 5.41) is 2.87. The van der Waals surface area contributed by atoms with Crippen molar-refractivity contribution in [2.75, 3.05) is 7.11 Å². The van der Waals surface area contributed by atoms with Gasteiger partial charge in [-0.2, -0.15) is 0 Å². The van der Waals surface area contributed by atoms with Gasteiger partial charge in [0.25, 0.3) is 0 Å². The number of methoxy groups -OCH3 is 1. The smallest absolute Gasteiger partial charge is 0.244 e. The summed E-state index contributed by atoms with van der Waals surface area (Å²) in [5.74, 6) is 1.45. The minimum absolute atomic E-state index is 0.139. The normalized spacial score (nSPS) is 10.6. The minimum atomic E-state index is -0.139. The predicted octanol–water partition coefficient (Wildman–Crippen LogP) is 4.60. The first-order chi connectivity index (χ1) is 13.7. The van der Waals surface area contributed by atoms with E-state index in [4.69, 9.17) is 9.47 Å². The summed E-state index contributed by atoms with van der Waals surface area (Å²) in [6.07, 6.45) is 3.31. The topological polar surface area (TPSA) is 47.6 Å². The van der Waals surface area contributed by atoms with Crippen LogP contribution >= 0.6 is 0 Å². The average Bonchev–Trinajstić information content (AvgIpc) is 2.76. The number of amides is 1. The quantitative estimate of drug-likeness (QED) is 0.587. The Bertz CT molecular complexity index is 901. The van der Waals surface area contributed by atoms with Gasteiger partial charge >= 0.3 is 0 Å². The molecule has 28 heavy (non-hydrogen) atoms. The van der Waals surface area contributed by atoms with Crippen LogP contribution in [0.3, 0.4) is 0 Å². The van der Waals surface area contributed by atoms with E-state index in [0.717, 1.165) is 28.2 Å². The highest BCUT2D eigenvalue weighted by atomic mass is 16.5. The van der Waals surface area contributed by atoms with Gasteiger partial charge in [-0.25, -0.2) is 0 Å². The third kappa shape index (κ3) is 6.02. The summed E-state index contributed by atoms with van der Waals surface area (Å²) < 4.78 is 10.9. The number of rotatable bonds is 8. The van der Waals surface area contributed by atoms with E-state index >= 15 is 0 Å². The Hall–Kier alpha value is -3.53. The van der Waals surface area contributed by atoms with Gasteiger partial charge in [-0.1, -0.05) is 54.6 Å². The lowest BCUT2D eigenvalue weighted by Gasteiger charge is -2.06. The Labute approximate surface area is 165 Å². The molecule has 0 aliphatic rings. The molecule has 0 bridgehead atoms. The van der Waals surface area contributed by atoms with Gasteiger partial charge in [0.05, 0.1) is 7.11 Å². The summed E-state index contributed by atoms with van der Waals surface area (Å²) in [7, 11) is 1.63. The minimum Gasteiger partial charge on any atom is -0.497 e. The van der Waals surface area contributed by atoms with Crippen molar-refractivity contribution >= 4 is 12.0 Å². The zero-order valence-electron chi connectivity index (χ0n) is 15.8. The first-order valence-corrected chi connectivity index (χ1v) is 9.08. The van der Waals surface area contributed by atoms with Crippen LogP contribution in [0.4, 0.5) is 0 Å². The van der Waals surface area contributed by atoms with Crippen molar-refractivity contribution in [3.05, 3.63) is 102 Å². The standard InChI is InChI=1S/C24H23NO3/c1-27-22-12-9-20(10-13-22)17-25-24(26)16-11-19-7-14-23(15-8-19)28-18-21-5-3-2-4-6-21/h2-16H,17-18H2,1H3,(H,25,26)/b16-11+. The van der Waals surface area contributed by atoms with Crippen LogP contribution in [0.25, 0.3) is 6.08 Å². The van der Waals surface area contributed by atoms with Crippen LogP contribution in [0.1, 0.15) is 16.7 Å². The van der Waals surface area contributed by atoms with E-state index in [9.17, 15) is 4.79 Å². The van der Waals surface area contributed by atoms with E-state index in [1.807, 2.05) is 78.9 Å². The molecule has 3 aromatic carbocycles. The van der Waals surface area contributed by atoms with Gasteiger partial charge in [0.15, 0.2) is 0 Å². The van der Waals surface area contributed by atoms with Crippen molar-refractivity contribution in [3.8, 4) is 11.5 Å². The fraction of sp³-hybridized carbons (Fsp3) is 0.125. The summed E-state index contributed by atoms with van der Waals surface area (Å²) >= 11 is 0. The van der Waals surface area contributed by atoms with Gasteiger partial charge in [-0.3, -0.25) is 4.79 Å². The van der Waals surface area contributed by atoms with Crippen molar-refractivity contribution in [2.45, 2.75) is 13.2 Å². The van der Waals surface area contributed by atoms with E-state index < -0.39 is 0 Å². The zero-order valence-corrected chi connectivity index (χ0v) is 15.8. The van der Waals surface area contributed by atoms with Gasteiger partial charge in [0.2, 0.25) is 5.91 Å². The first kappa shape index (κ1) is 19.2. The molecule has 4 nitrogen and oxygen atoms in total. The largest absolute Gasteiger partial charge is 0.497 e. The third-order valence-corrected chi connectivity index (χ3v) is 4.18. The second kappa shape index (κ2) is 9.97. The SMILES string of the molecule is COc1ccc(CNC(=O)/C=C/c2ccc(OCc3ccccc3)cc2)cc1. The molecule has 1 amide bonds. The molecule has 0 saturated heterocycles. The lowest BCUT2D eigenvalue weighted by Crippen LogP contribution is -2.20. The molecule has 142 valence electrons. The Kier molecular flexibility index (Phi) is 6.85. The predicted molar refractivity (Wildman–Crippen MR) is 111 cm³/mol. The summed E-state index contributed by atoms with van der Waals surface area (Å²) in [4.78, 5) is 12.0. The van der Waals surface area contributed by atoms with Gasteiger partial charge in [0.1, 0.15) is 18.1 Å². The number of ether oxygens (including phenoxy) is 2. The second-order valence-electron chi connectivity index (χ2n) is 6.24. The molecule has 0 aliphatic carbocycles. The number of benzene rings is 3. The highest BCUT2D eigenvalue weighted by molar-refractivity contribution is 5.91. The maximum Gasteiger partial charge on any atom is 0.244 e. The van der Waals surface area contributed by atoms with Crippen LogP contribution < -0.4 is 14.8 Å². The van der Waals surface area contributed by atoms with Crippen molar-refractivity contribution in [1.82, 2.24) is 5.32 Å². The van der Waals surface area contributed by atoms with Crippen molar-refractivity contribution < 1.29 is 14.3 Å². The zero-order chi connectivity index (χ0) is 19.6. The Morgan fingerprint density at radius 1 is 0.857 bits per heavy atom. The maximum atomic E-state index is 12.0. The van der Waals surface area contributed by atoms with E-state index in [0.29, 0.717) is 13.2 Å². The first-order valence-electron chi connectivity index (χ1n) is 9.08. The van der Waals surface area contributed by atoms with Gasteiger partial charge in [-0.05, 0) is 47.0 Å². The van der Waals surface area contributed by atoms with Crippen molar-refractivity contribution in [2.24, 2.45) is 0 Å². The fourth-order valence-corrected chi connectivity index (χ4v) is 2.58. The molecule has 0 aliphatic heterocycles. The van der Waals surface area contributed by atoms with Crippen molar-refractivity contribution in [3.63, 3.8) is 0 Å². The Balaban J connectivity index is 1.45. The molecule has 1 N–H and O–H groups in total. The second-order valence-corrected chi connectivity index (χ2v) is 6.24. The van der Waals surface area contributed by atoms with E-state index in [1.165, 1.54) is 6.08 Å². The lowest BCUT2D eigenvalue weighted by molar-refractivity contribution is -0.116. The van der Waals surface area contributed by atoms with Crippen molar-refractivity contribution in [1.29, 1.82) is 0 Å². The number of carbonyl (C=O) groups is 1. The molecule has 0 saturated carbocycles. The van der Waals surface area contributed by atoms with Gasteiger partial charge < -0.3 is 14.8 Å². The van der Waals surface area contributed by atoms with Gasteiger partial charge in [0, 0.05) is 12.6 Å². The molecule has 0 spiro atoms. The molecule has 4 heteroatoms. The summed E-state index contributed by atoms with van der Waals surface area (Å²) in [6, 6.07) is 25.3. The number of nitrogens with one attached hydrogen (secondary N) is 1. The van der Waals surface area contributed by atoms with E-state index in [1.54, 1.807) is 13.2 Å². The molecular weight excluding hydrogens is 350 g/mol. The van der Waals surface area contributed by atoms with Crippen LogP contribution in [0.5, 0.6) is 11.5 Å². The molecule has 0 fully saturated rings. The average molecular weight is 373 g/mol.